The number of anilines is 1. The largest absolute Gasteiger partial charge is 0.305 e. The highest BCUT2D eigenvalue weighted by atomic mass is 35.5. The highest BCUT2D eigenvalue weighted by molar-refractivity contribution is 6.41. The number of carbonyl (C=O) groups excluding carboxylic acids is 1. The molecule has 0 fully saturated rings. The molecule has 3 nitrogen and oxygen atoms in total. The Morgan fingerprint density at radius 1 is 1.30 bits per heavy atom. The van der Waals surface area contributed by atoms with Gasteiger partial charge in [-0.1, -0.05) is 47.5 Å². The van der Waals surface area contributed by atoms with Crippen LogP contribution in [0.1, 0.15) is 10.4 Å². The van der Waals surface area contributed by atoms with E-state index in [0.29, 0.717) is 12.1 Å². The fraction of sp³-hybridized carbons (Fsp3) is 0.0667. The first-order valence-electron chi connectivity index (χ1n) is 5.92. The van der Waals surface area contributed by atoms with Gasteiger partial charge in [-0.05, 0) is 18.2 Å². The summed E-state index contributed by atoms with van der Waals surface area (Å²) in [7, 11) is 0. The van der Waals surface area contributed by atoms with Crippen LogP contribution in [-0.4, -0.2) is 17.4 Å². The van der Waals surface area contributed by atoms with E-state index in [1.165, 1.54) is 12.3 Å². The predicted octanol–water partition coefficient (Wildman–Crippen LogP) is 4.22. The molecule has 0 radical (unpaired) electrons. The molecule has 0 aliphatic rings. The SMILES string of the molecule is C=CCN(C(=O)c1cnc(Cl)c(Cl)c1)c1ccccc1. The lowest BCUT2D eigenvalue weighted by Crippen LogP contribution is -2.31. The summed E-state index contributed by atoms with van der Waals surface area (Å²) in [5.41, 5.74) is 1.16. The van der Waals surface area contributed by atoms with Gasteiger partial charge in [-0.25, -0.2) is 4.98 Å². The number of amides is 1. The number of carbonyl (C=O) groups is 1. The Kier molecular flexibility index (Phi) is 4.77. The highest BCUT2D eigenvalue weighted by Crippen LogP contribution is 2.22. The predicted molar refractivity (Wildman–Crippen MR) is 82.6 cm³/mol. The molecule has 1 aromatic carbocycles. The van der Waals surface area contributed by atoms with E-state index in [2.05, 4.69) is 11.6 Å². The van der Waals surface area contributed by atoms with Crippen LogP contribution in [0.4, 0.5) is 5.69 Å². The fourth-order valence-corrected chi connectivity index (χ4v) is 2.01. The number of aromatic nitrogens is 1. The molecule has 0 saturated heterocycles. The Bertz CT molecular complexity index is 629. The Morgan fingerprint density at radius 3 is 2.60 bits per heavy atom. The topological polar surface area (TPSA) is 33.2 Å². The van der Waals surface area contributed by atoms with Crippen LogP contribution in [0.25, 0.3) is 0 Å². The van der Waals surface area contributed by atoms with E-state index in [0.717, 1.165) is 5.69 Å². The van der Waals surface area contributed by atoms with E-state index in [4.69, 9.17) is 23.2 Å². The van der Waals surface area contributed by atoms with E-state index in [9.17, 15) is 4.79 Å². The number of halogens is 2. The molecule has 2 aromatic rings. The van der Waals surface area contributed by atoms with Crippen molar-refractivity contribution in [2.45, 2.75) is 0 Å². The van der Waals surface area contributed by atoms with Crippen molar-refractivity contribution in [3.63, 3.8) is 0 Å². The molecule has 0 aliphatic carbocycles. The molecule has 0 aliphatic heterocycles. The van der Waals surface area contributed by atoms with Crippen LogP contribution < -0.4 is 4.90 Å². The number of pyridine rings is 1. The van der Waals surface area contributed by atoms with Crippen LogP contribution >= 0.6 is 23.2 Å². The minimum absolute atomic E-state index is 0.179. The van der Waals surface area contributed by atoms with Gasteiger partial charge in [-0.2, -0.15) is 0 Å². The molecule has 0 bridgehead atoms. The van der Waals surface area contributed by atoms with Crippen molar-refractivity contribution in [2.75, 3.05) is 11.4 Å². The molecule has 1 aromatic heterocycles. The normalized spacial score (nSPS) is 10.1. The average Bonchev–Trinajstić information content (AvgIpc) is 2.48. The van der Waals surface area contributed by atoms with Crippen molar-refractivity contribution in [1.82, 2.24) is 4.98 Å². The molecular weight excluding hydrogens is 295 g/mol. The van der Waals surface area contributed by atoms with Crippen molar-refractivity contribution in [3.05, 3.63) is 71.0 Å². The van der Waals surface area contributed by atoms with Gasteiger partial charge in [0.25, 0.3) is 5.91 Å². The number of hydrogen-bond acceptors (Lipinski definition) is 2. The third kappa shape index (κ3) is 3.18. The Morgan fingerprint density at radius 2 is 2.00 bits per heavy atom. The minimum Gasteiger partial charge on any atom is -0.305 e. The van der Waals surface area contributed by atoms with E-state index in [-0.39, 0.29) is 16.1 Å². The molecule has 0 atom stereocenters. The van der Waals surface area contributed by atoms with E-state index in [1.54, 1.807) is 11.0 Å². The standard InChI is InChI=1S/C15H12Cl2N2O/c1-2-8-19(12-6-4-3-5-7-12)15(20)11-9-13(16)14(17)18-10-11/h2-7,9-10H,1,8H2. The second-order valence-corrected chi connectivity index (χ2v) is 4.80. The van der Waals surface area contributed by atoms with Gasteiger partial charge in [-0.15, -0.1) is 6.58 Å². The van der Waals surface area contributed by atoms with Crippen LogP contribution in [0.3, 0.4) is 0 Å². The molecule has 0 N–H and O–H groups in total. The van der Waals surface area contributed by atoms with Crippen molar-refractivity contribution >= 4 is 34.8 Å². The summed E-state index contributed by atoms with van der Waals surface area (Å²) in [6.07, 6.45) is 3.07. The van der Waals surface area contributed by atoms with Crippen molar-refractivity contribution in [1.29, 1.82) is 0 Å². The summed E-state index contributed by atoms with van der Waals surface area (Å²) in [4.78, 5) is 18.0. The van der Waals surface area contributed by atoms with Gasteiger partial charge in [0.05, 0.1) is 10.6 Å². The van der Waals surface area contributed by atoms with Crippen LogP contribution in [0.15, 0.2) is 55.3 Å². The summed E-state index contributed by atoms with van der Waals surface area (Å²) in [6, 6.07) is 10.8. The first-order chi connectivity index (χ1) is 9.63. The molecule has 20 heavy (non-hydrogen) atoms. The molecule has 1 amide bonds. The maximum absolute atomic E-state index is 12.5. The van der Waals surface area contributed by atoms with Crippen molar-refractivity contribution in [3.8, 4) is 0 Å². The molecule has 0 saturated carbocycles. The van der Waals surface area contributed by atoms with Gasteiger partial charge >= 0.3 is 0 Å². The first kappa shape index (κ1) is 14.6. The molecule has 0 unspecified atom stereocenters. The third-order valence-corrected chi connectivity index (χ3v) is 3.35. The zero-order valence-corrected chi connectivity index (χ0v) is 12.1. The smallest absolute Gasteiger partial charge is 0.260 e. The summed E-state index contributed by atoms with van der Waals surface area (Å²) in [5, 5.41) is 0.433. The van der Waals surface area contributed by atoms with E-state index in [1.807, 2.05) is 30.3 Å². The van der Waals surface area contributed by atoms with Gasteiger partial charge in [-0.3, -0.25) is 4.79 Å². The highest BCUT2D eigenvalue weighted by Gasteiger charge is 2.17. The second-order valence-electron chi connectivity index (χ2n) is 4.04. The van der Waals surface area contributed by atoms with Gasteiger partial charge in [0.2, 0.25) is 0 Å². The third-order valence-electron chi connectivity index (χ3n) is 2.67. The monoisotopic (exact) mass is 306 g/mol. The summed E-state index contributed by atoms with van der Waals surface area (Å²) in [5.74, 6) is -0.206. The zero-order valence-electron chi connectivity index (χ0n) is 10.6. The number of para-hydroxylation sites is 1. The zero-order chi connectivity index (χ0) is 14.5. The van der Waals surface area contributed by atoms with Crippen LogP contribution in [-0.2, 0) is 0 Å². The number of rotatable bonds is 4. The fourth-order valence-electron chi connectivity index (χ4n) is 1.74. The van der Waals surface area contributed by atoms with E-state index >= 15 is 0 Å². The molecule has 1 heterocycles. The lowest BCUT2D eigenvalue weighted by atomic mass is 10.2. The van der Waals surface area contributed by atoms with Crippen molar-refractivity contribution in [2.24, 2.45) is 0 Å². The first-order valence-corrected chi connectivity index (χ1v) is 6.68. The minimum atomic E-state index is -0.206. The lowest BCUT2D eigenvalue weighted by molar-refractivity contribution is 0.0989. The van der Waals surface area contributed by atoms with Crippen LogP contribution in [0.2, 0.25) is 10.2 Å². The second kappa shape index (κ2) is 6.55. The van der Waals surface area contributed by atoms with Gasteiger partial charge < -0.3 is 4.90 Å². The molecule has 0 spiro atoms. The molecule has 102 valence electrons. The van der Waals surface area contributed by atoms with Gasteiger partial charge in [0.1, 0.15) is 5.15 Å². The Hall–Kier alpha value is -1.84. The number of nitrogens with zero attached hydrogens (tertiary/aromatic N) is 2. The van der Waals surface area contributed by atoms with Gasteiger partial charge in [0, 0.05) is 18.4 Å². The van der Waals surface area contributed by atoms with Crippen LogP contribution in [0.5, 0.6) is 0 Å². The van der Waals surface area contributed by atoms with Crippen LogP contribution in [0, 0.1) is 0 Å². The average molecular weight is 307 g/mol. The Balaban J connectivity index is 2.36. The number of benzene rings is 1. The number of hydrogen-bond donors (Lipinski definition) is 0. The summed E-state index contributed by atoms with van der Waals surface area (Å²) >= 11 is 11.7. The lowest BCUT2D eigenvalue weighted by Gasteiger charge is -2.21. The summed E-state index contributed by atoms with van der Waals surface area (Å²) in [6.45, 7) is 4.07. The maximum Gasteiger partial charge on any atom is 0.260 e. The molecular formula is C15H12Cl2N2O. The Labute approximate surface area is 127 Å². The summed E-state index contributed by atoms with van der Waals surface area (Å²) < 4.78 is 0. The molecule has 5 heteroatoms. The quantitative estimate of drug-likeness (QED) is 0.626. The van der Waals surface area contributed by atoms with Gasteiger partial charge in [0.15, 0.2) is 0 Å². The van der Waals surface area contributed by atoms with E-state index < -0.39 is 0 Å². The van der Waals surface area contributed by atoms with Crippen molar-refractivity contribution < 1.29 is 4.79 Å². The molecule has 2 rings (SSSR count). The maximum atomic E-state index is 12.5.